The SMILES string of the molecule is Cc1ccc(NC(=O)CCC(=O)N/N=C\c2ccc(C)o2)c(C)c1. The summed E-state index contributed by atoms with van der Waals surface area (Å²) in [6.07, 6.45) is 1.57. The van der Waals surface area contributed by atoms with Crippen molar-refractivity contribution in [1.82, 2.24) is 5.43 Å². The topological polar surface area (TPSA) is 83.7 Å². The van der Waals surface area contributed by atoms with Crippen molar-refractivity contribution < 1.29 is 14.0 Å². The lowest BCUT2D eigenvalue weighted by Crippen LogP contribution is -2.20. The van der Waals surface area contributed by atoms with E-state index in [4.69, 9.17) is 4.42 Å². The minimum atomic E-state index is -0.328. The summed E-state index contributed by atoms with van der Waals surface area (Å²) in [6, 6.07) is 9.34. The molecule has 1 aromatic carbocycles. The number of anilines is 1. The Balaban J connectivity index is 1.74. The number of aryl methyl sites for hydroxylation is 3. The molecular weight excluding hydrogens is 306 g/mol. The molecule has 24 heavy (non-hydrogen) atoms. The second-order valence-corrected chi connectivity index (χ2v) is 5.61. The summed E-state index contributed by atoms with van der Waals surface area (Å²) in [5.41, 5.74) is 5.26. The molecule has 0 saturated carbocycles. The van der Waals surface area contributed by atoms with Crippen molar-refractivity contribution in [2.75, 3.05) is 5.32 Å². The van der Waals surface area contributed by atoms with Gasteiger partial charge in [0.2, 0.25) is 11.8 Å². The van der Waals surface area contributed by atoms with Gasteiger partial charge in [-0.2, -0.15) is 5.10 Å². The molecule has 2 N–H and O–H groups in total. The Hall–Kier alpha value is -2.89. The molecule has 0 aliphatic carbocycles. The van der Waals surface area contributed by atoms with Crippen LogP contribution in [0.1, 0.15) is 35.5 Å². The third-order valence-corrected chi connectivity index (χ3v) is 3.38. The van der Waals surface area contributed by atoms with Crippen molar-refractivity contribution in [2.24, 2.45) is 5.10 Å². The first-order valence-corrected chi connectivity index (χ1v) is 7.69. The van der Waals surface area contributed by atoms with Crippen molar-refractivity contribution >= 4 is 23.7 Å². The number of nitrogens with zero attached hydrogens (tertiary/aromatic N) is 1. The van der Waals surface area contributed by atoms with Crippen molar-refractivity contribution in [3.63, 3.8) is 0 Å². The second-order valence-electron chi connectivity index (χ2n) is 5.61. The fraction of sp³-hybridized carbons (Fsp3) is 0.278. The highest BCUT2D eigenvalue weighted by Crippen LogP contribution is 2.16. The van der Waals surface area contributed by atoms with E-state index in [2.05, 4.69) is 15.8 Å². The molecule has 2 rings (SSSR count). The molecule has 0 aliphatic heterocycles. The van der Waals surface area contributed by atoms with Gasteiger partial charge in [-0.3, -0.25) is 9.59 Å². The summed E-state index contributed by atoms with van der Waals surface area (Å²) in [4.78, 5) is 23.6. The number of rotatable bonds is 6. The molecule has 0 atom stereocenters. The van der Waals surface area contributed by atoms with Crippen LogP contribution in [-0.2, 0) is 9.59 Å². The lowest BCUT2D eigenvalue weighted by atomic mass is 10.1. The van der Waals surface area contributed by atoms with Crippen LogP contribution in [0.4, 0.5) is 5.69 Å². The molecular formula is C18H21N3O3. The van der Waals surface area contributed by atoms with Crippen LogP contribution in [0.2, 0.25) is 0 Å². The maximum absolute atomic E-state index is 11.9. The molecule has 0 saturated heterocycles. The van der Waals surface area contributed by atoms with E-state index < -0.39 is 0 Å². The first kappa shape index (κ1) is 17.5. The smallest absolute Gasteiger partial charge is 0.240 e. The van der Waals surface area contributed by atoms with Gasteiger partial charge in [-0.25, -0.2) is 5.43 Å². The maximum Gasteiger partial charge on any atom is 0.240 e. The van der Waals surface area contributed by atoms with E-state index in [0.29, 0.717) is 5.76 Å². The largest absolute Gasteiger partial charge is 0.460 e. The van der Waals surface area contributed by atoms with Crippen molar-refractivity contribution in [3.05, 3.63) is 53.0 Å². The van der Waals surface area contributed by atoms with Gasteiger partial charge in [0.25, 0.3) is 0 Å². The number of nitrogens with one attached hydrogen (secondary N) is 2. The Kier molecular flexibility index (Phi) is 5.89. The van der Waals surface area contributed by atoms with Crippen LogP contribution in [0, 0.1) is 20.8 Å². The van der Waals surface area contributed by atoms with Gasteiger partial charge in [-0.05, 0) is 44.5 Å². The average Bonchev–Trinajstić information content (AvgIpc) is 2.93. The standard InChI is InChI=1S/C18H21N3O3/c1-12-4-7-16(13(2)10-12)20-17(22)8-9-18(23)21-19-11-15-6-5-14(3)24-15/h4-7,10-11H,8-9H2,1-3H3,(H,20,22)(H,21,23)/b19-11-. The maximum atomic E-state index is 11.9. The number of carbonyl (C=O) groups is 2. The summed E-state index contributed by atoms with van der Waals surface area (Å²) >= 11 is 0. The van der Waals surface area contributed by atoms with Gasteiger partial charge in [-0.15, -0.1) is 0 Å². The van der Waals surface area contributed by atoms with Crippen LogP contribution in [0.25, 0.3) is 0 Å². The van der Waals surface area contributed by atoms with Gasteiger partial charge in [0.05, 0.1) is 6.21 Å². The van der Waals surface area contributed by atoms with E-state index >= 15 is 0 Å². The molecule has 0 fully saturated rings. The highest BCUT2D eigenvalue weighted by molar-refractivity contribution is 5.94. The summed E-state index contributed by atoms with van der Waals surface area (Å²) in [5, 5.41) is 6.60. The minimum Gasteiger partial charge on any atom is -0.460 e. The van der Waals surface area contributed by atoms with E-state index in [0.717, 1.165) is 22.6 Å². The van der Waals surface area contributed by atoms with Crippen LogP contribution in [0.15, 0.2) is 39.9 Å². The molecule has 6 nitrogen and oxygen atoms in total. The number of hydrogen-bond donors (Lipinski definition) is 2. The molecule has 0 unspecified atom stereocenters. The number of hydrogen-bond acceptors (Lipinski definition) is 4. The number of benzene rings is 1. The molecule has 1 aromatic heterocycles. The summed E-state index contributed by atoms with van der Waals surface area (Å²) in [5.74, 6) is 0.791. The van der Waals surface area contributed by atoms with Crippen molar-refractivity contribution in [3.8, 4) is 0 Å². The summed E-state index contributed by atoms with van der Waals surface area (Å²) in [7, 11) is 0. The van der Waals surface area contributed by atoms with Crippen LogP contribution < -0.4 is 10.7 Å². The highest BCUT2D eigenvalue weighted by Gasteiger charge is 2.08. The Bertz CT molecular complexity index is 763. The quantitative estimate of drug-likeness (QED) is 0.632. The fourth-order valence-corrected chi connectivity index (χ4v) is 2.14. The Morgan fingerprint density at radius 2 is 1.83 bits per heavy atom. The van der Waals surface area contributed by atoms with Gasteiger partial charge < -0.3 is 9.73 Å². The molecule has 2 aromatic rings. The zero-order chi connectivity index (χ0) is 17.5. The van der Waals surface area contributed by atoms with Crippen LogP contribution in [0.5, 0.6) is 0 Å². The molecule has 2 amide bonds. The second kappa shape index (κ2) is 8.10. The Morgan fingerprint density at radius 1 is 1.08 bits per heavy atom. The minimum absolute atomic E-state index is 0.0608. The van der Waals surface area contributed by atoms with Gasteiger partial charge in [0, 0.05) is 18.5 Å². The third kappa shape index (κ3) is 5.39. The molecule has 0 spiro atoms. The number of hydrazone groups is 1. The summed E-state index contributed by atoms with van der Waals surface area (Å²) in [6.45, 7) is 5.75. The van der Waals surface area contributed by atoms with Crippen LogP contribution in [-0.4, -0.2) is 18.0 Å². The monoisotopic (exact) mass is 327 g/mol. The van der Waals surface area contributed by atoms with Gasteiger partial charge in [0.1, 0.15) is 11.5 Å². The Labute approximate surface area is 140 Å². The molecule has 0 radical (unpaired) electrons. The van der Waals surface area contributed by atoms with Crippen molar-refractivity contribution in [1.29, 1.82) is 0 Å². The first-order chi connectivity index (χ1) is 11.4. The van der Waals surface area contributed by atoms with E-state index in [1.165, 1.54) is 6.21 Å². The van der Waals surface area contributed by atoms with E-state index in [1.807, 2.05) is 39.0 Å². The third-order valence-electron chi connectivity index (χ3n) is 3.38. The van der Waals surface area contributed by atoms with Gasteiger partial charge >= 0.3 is 0 Å². The fourth-order valence-electron chi connectivity index (χ4n) is 2.14. The van der Waals surface area contributed by atoms with E-state index in [-0.39, 0.29) is 24.7 Å². The zero-order valence-corrected chi connectivity index (χ0v) is 14.1. The van der Waals surface area contributed by atoms with Gasteiger partial charge in [0.15, 0.2) is 0 Å². The summed E-state index contributed by atoms with van der Waals surface area (Å²) < 4.78 is 5.28. The molecule has 0 bridgehead atoms. The number of carbonyl (C=O) groups excluding carboxylic acids is 2. The van der Waals surface area contributed by atoms with Crippen LogP contribution >= 0.6 is 0 Å². The molecule has 6 heteroatoms. The predicted octanol–water partition coefficient (Wildman–Crippen LogP) is 3.07. The van der Waals surface area contributed by atoms with E-state index in [1.54, 1.807) is 12.1 Å². The Morgan fingerprint density at radius 3 is 2.50 bits per heavy atom. The predicted molar refractivity (Wildman–Crippen MR) is 93.0 cm³/mol. The first-order valence-electron chi connectivity index (χ1n) is 7.69. The normalized spacial score (nSPS) is 10.8. The zero-order valence-electron chi connectivity index (χ0n) is 14.1. The van der Waals surface area contributed by atoms with Crippen LogP contribution in [0.3, 0.4) is 0 Å². The average molecular weight is 327 g/mol. The van der Waals surface area contributed by atoms with Crippen molar-refractivity contribution in [2.45, 2.75) is 33.6 Å². The number of amides is 2. The van der Waals surface area contributed by atoms with E-state index in [9.17, 15) is 9.59 Å². The van der Waals surface area contributed by atoms with Gasteiger partial charge in [-0.1, -0.05) is 17.7 Å². The molecule has 1 heterocycles. The molecule has 126 valence electrons. The highest BCUT2D eigenvalue weighted by atomic mass is 16.3. The molecule has 0 aliphatic rings. The lowest BCUT2D eigenvalue weighted by Gasteiger charge is -2.08. The lowest BCUT2D eigenvalue weighted by molar-refractivity contribution is -0.124. The number of furan rings is 1.